The van der Waals surface area contributed by atoms with Crippen molar-refractivity contribution >= 4 is 17.6 Å². The van der Waals surface area contributed by atoms with Gasteiger partial charge >= 0.3 is 0 Å². The number of anilines is 3. The second-order valence-corrected chi connectivity index (χ2v) is 11.2. The van der Waals surface area contributed by atoms with Crippen LogP contribution in [-0.4, -0.2) is 42.0 Å². The predicted octanol–water partition coefficient (Wildman–Crippen LogP) is 4.71. The molecule has 0 amide bonds. The maximum Gasteiger partial charge on any atom is 0.248 e. The van der Waals surface area contributed by atoms with Gasteiger partial charge in [-0.3, -0.25) is 4.98 Å². The van der Waals surface area contributed by atoms with Crippen LogP contribution in [-0.2, 0) is 25.7 Å². The van der Waals surface area contributed by atoms with Gasteiger partial charge in [0.05, 0.1) is 5.69 Å². The number of rotatable bonds is 5. The summed E-state index contributed by atoms with van der Waals surface area (Å²) in [5.74, 6) is 1.30. The zero-order valence-corrected chi connectivity index (χ0v) is 22.2. The lowest BCUT2D eigenvalue weighted by Gasteiger charge is -2.21. The highest BCUT2D eigenvalue weighted by atomic mass is 15.4. The summed E-state index contributed by atoms with van der Waals surface area (Å²) < 4.78 is 1.56. The lowest BCUT2D eigenvalue weighted by atomic mass is 10.0. The number of benzene rings is 1. The van der Waals surface area contributed by atoms with Crippen molar-refractivity contribution in [3.05, 3.63) is 65.0 Å². The van der Waals surface area contributed by atoms with E-state index in [1.807, 2.05) is 18.3 Å². The molecule has 4 N–H and O–H groups in total. The van der Waals surface area contributed by atoms with E-state index in [-0.39, 0.29) is 5.95 Å². The van der Waals surface area contributed by atoms with Crippen molar-refractivity contribution in [2.75, 3.05) is 11.1 Å². The molecule has 4 aromatic rings. The Hall–Kier alpha value is -3.85. The summed E-state index contributed by atoms with van der Waals surface area (Å²) in [5.41, 5.74) is 14.3. The number of nitrogens with two attached hydrogens (primary N) is 1. The van der Waals surface area contributed by atoms with Crippen LogP contribution < -0.4 is 16.4 Å². The normalized spacial score (nSPS) is 19.0. The highest BCUT2D eigenvalue weighted by Gasteiger charge is 2.23. The summed E-state index contributed by atoms with van der Waals surface area (Å²) in [6, 6.07) is 14.0. The zero-order chi connectivity index (χ0) is 26.2. The van der Waals surface area contributed by atoms with E-state index in [0.29, 0.717) is 17.8 Å². The summed E-state index contributed by atoms with van der Waals surface area (Å²) in [7, 11) is 0. The van der Waals surface area contributed by atoms with Crippen LogP contribution in [0.1, 0.15) is 67.3 Å². The summed E-state index contributed by atoms with van der Waals surface area (Å²) in [5, 5.41) is 21.0. The average molecular weight is 522 g/mol. The molecule has 0 saturated heterocycles. The second kappa shape index (κ2) is 10.4. The van der Waals surface area contributed by atoms with E-state index in [1.54, 1.807) is 4.68 Å². The third-order valence-electron chi connectivity index (χ3n) is 8.53. The van der Waals surface area contributed by atoms with Gasteiger partial charge in [0.25, 0.3) is 0 Å². The maximum absolute atomic E-state index is 6.29. The molecule has 9 nitrogen and oxygen atoms in total. The summed E-state index contributed by atoms with van der Waals surface area (Å²) in [6.07, 6.45) is 14.7. The van der Waals surface area contributed by atoms with E-state index in [2.05, 4.69) is 60.2 Å². The van der Waals surface area contributed by atoms with Gasteiger partial charge < -0.3 is 16.4 Å². The number of nitrogens with one attached hydrogen (secondary N) is 2. The first-order valence-corrected chi connectivity index (χ1v) is 14.4. The van der Waals surface area contributed by atoms with Gasteiger partial charge in [-0.15, -0.1) is 15.3 Å². The zero-order valence-electron chi connectivity index (χ0n) is 22.2. The Morgan fingerprint density at radius 3 is 2.56 bits per heavy atom. The molecule has 3 heterocycles. The Labute approximate surface area is 228 Å². The Morgan fingerprint density at radius 1 is 0.821 bits per heavy atom. The van der Waals surface area contributed by atoms with Crippen molar-refractivity contribution in [1.29, 1.82) is 0 Å². The Balaban J connectivity index is 1.08. The van der Waals surface area contributed by atoms with Gasteiger partial charge in [-0.1, -0.05) is 18.9 Å². The quantitative estimate of drug-likeness (QED) is 0.323. The molecule has 7 rings (SSSR count). The predicted molar refractivity (Wildman–Crippen MR) is 152 cm³/mol. The number of pyridine rings is 1. The SMILES string of the molecule is Nc1nc(Nc2ccc3c(c2)CC[C@H](NC2CCCC2)CC3)nn1-c1cc2c(nn1)-c1cccnc1CCC2. The number of aryl methyl sites for hydroxylation is 4. The number of nitrogen functional groups attached to an aromatic ring is 1. The molecule has 200 valence electrons. The monoisotopic (exact) mass is 521 g/mol. The summed E-state index contributed by atoms with van der Waals surface area (Å²) >= 11 is 0. The third-order valence-corrected chi connectivity index (χ3v) is 8.53. The van der Waals surface area contributed by atoms with Crippen molar-refractivity contribution in [2.45, 2.75) is 82.7 Å². The molecule has 3 aromatic heterocycles. The first-order valence-electron chi connectivity index (χ1n) is 14.4. The van der Waals surface area contributed by atoms with Crippen LogP contribution in [0.25, 0.3) is 17.1 Å². The molecule has 0 aliphatic heterocycles. The van der Waals surface area contributed by atoms with Gasteiger partial charge in [0.1, 0.15) is 0 Å². The van der Waals surface area contributed by atoms with Crippen LogP contribution in [0, 0.1) is 0 Å². The van der Waals surface area contributed by atoms with Crippen LogP contribution >= 0.6 is 0 Å². The first-order chi connectivity index (χ1) is 19.2. The molecule has 0 radical (unpaired) electrons. The van der Waals surface area contributed by atoms with Crippen molar-refractivity contribution in [3.8, 4) is 17.1 Å². The molecule has 9 heteroatoms. The van der Waals surface area contributed by atoms with Crippen molar-refractivity contribution < 1.29 is 0 Å². The number of fused-ring (bicyclic) bond motifs is 4. The molecule has 0 unspecified atom stereocenters. The van der Waals surface area contributed by atoms with E-state index in [1.165, 1.54) is 49.7 Å². The average Bonchev–Trinajstić information content (AvgIpc) is 3.49. The minimum atomic E-state index is 0.276. The van der Waals surface area contributed by atoms with Crippen LogP contribution in [0.4, 0.5) is 17.6 Å². The fraction of sp³-hybridized carbons (Fsp3) is 0.433. The van der Waals surface area contributed by atoms with Crippen molar-refractivity contribution in [1.82, 2.24) is 35.3 Å². The number of nitrogens with zero attached hydrogens (tertiary/aromatic N) is 6. The van der Waals surface area contributed by atoms with E-state index in [9.17, 15) is 0 Å². The number of hydrogen-bond acceptors (Lipinski definition) is 8. The Bertz CT molecular complexity index is 1490. The van der Waals surface area contributed by atoms with Crippen LogP contribution in [0.15, 0.2) is 42.6 Å². The lowest BCUT2D eigenvalue weighted by Crippen LogP contribution is -2.36. The molecule has 1 aromatic carbocycles. The van der Waals surface area contributed by atoms with Gasteiger partial charge in [0.15, 0.2) is 5.82 Å². The van der Waals surface area contributed by atoms with Gasteiger partial charge in [-0.2, -0.15) is 9.67 Å². The standard InChI is InChI=1S/C30H35N9/c31-29-35-30(34-24-15-11-19-10-13-23(14-12-20(19)17-24)33-22-6-1-2-7-22)38-39(29)27-18-21-5-3-9-26-25(8-4-16-32-26)28(21)37-36-27/h4,8,11,15-18,22-23,33H,1-3,5-7,9-10,12-14H2,(H3,31,34,35,38)/t23-/m1/s1. The minimum absolute atomic E-state index is 0.276. The van der Waals surface area contributed by atoms with E-state index in [0.717, 1.165) is 66.3 Å². The molecule has 1 fully saturated rings. The molecule has 1 atom stereocenters. The molecule has 3 aliphatic carbocycles. The van der Waals surface area contributed by atoms with Crippen LogP contribution in [0.5, 0.6) is 0 Å². The third kappa shape index (κ3) is 4.98. The second-order valence-electron chi connectivity index (χ2n) is 11.2. The molecule has 1 saturated carbocycles. The highest BCUT2D eigenvalue weighted by Crippen LogP contribution is 2.31. The van der Waals surface area contributed by atoms with E-state index < -0.39 is 0 Å². The largest absolute Gasteiger partial charge is 0.368 e. The Morgan fingerprint density at radius 2 is 1.67 bits per heavy atom. The molecular formula is C30H35N9. The summed E-state index contributed by atoms with van der Waals surface area (Å²) in [6.45, 7) is 0. The topological polar surface area (TPSA) is 119 Å². The Kier molecular flexibility index (Phi) is 6.44. The fourth-order valence-electron chi connectivity index (χ4n) is 6.49. The fourth-order valence-corrected chi connectivity index (χ4v) is 6.49. The minimum Gasteiger partial charge on any atom is -0.368 e. The van der Waals surface area contributed by atoms with Crippen molar-refractivity contribution in [2.24, 2.45) is 0 Å². The van der Waals surface area contributed by atoms with Crippen molar-refractivity contribution in [3.63, 3.8) is 0 Å². The highest BCUT2D eigenvalue weighted by molar-refractivity contribution is 5.67. The molecule has 3 aliphatic rings. The number of aromatic nitrogens is 6. The van der Waals surface area contributed by atoms with Crippen LogP contribution in [0.3, 0.4) is 0 Å². The van der Waals surface area contributed by atoms with E-state index in [4.69, 9.17) is 5.73 Å². The van der Waals surface area contributed by atoms with Gasteiger partial charge in [-0.25, -0.2) is 0 Å². The molecule has 0 bridgehead atoms. The lowest BCUT2D eigenvalue weighted by molar-refractivity contribution is 0.398. The summed E-state index contributed by atoms with van der Waals surface area (Å²) in [4.78, 5) is 9.03. The maximum atomic E-state index is 6.29. The van der Waals surface area contributed by atoms with Gasteiger partial charge in [0, 0.05) is 35.2 Å². The van der Waals surface area contributed by atoms with Crippen LogP contribution in [0.2, 0.25) is 0 Å². The molecule has 0 spiro atoms. The van der Waals surface area contributed by atoms with Gasteiger partial charge in [-0.05, 0) is 105 Å². The molecule has 39 heavy (non-hydrogen) atoms. The smallest absolute Gasteiger partial charge is 0.248 e. The number of hydrogen-bond donors (Lipinski definition) is 3. The molecular weight excluding hydrogens is 486 g/mol. The van der Waals surface area contributed by atoms with Gasteiger partial charge in [0.2, 0.25) is 11.9 Å². The first kappa shape index (κ1) is 24.2. The van der Waals surface area contributed by atoms with E-state index >= 15 is 0 Å².